The van der Waals surface area contributed by atoms with Crippen LogP contribution < -0.4 is 4.90 Å². The van der Waals surface area contributed by atoms with Gasteiger partial charge in [0.2, 0.25) is 0 Å². The number of ether oxygens (including phenoxy) is 1. The number of carbonyl (C=O) groups excluding carboxylic acids is 1. The van der Waals surface area contributed by atoms with E-state index < -0.39 is 5.60 Å². The Balaban J connectivity index is 1.52. The summed E-state index contributed by atoms with van der Waals surface area (Å²) < 4.78 is 5.55. The van der Waals surface area contributed by atoms with Crippen LogP contribution in [0.25, 0.3) is 10.9 Å². The van der Waals surface area contributed by atoms with Gasteiger partial charge in [-0.15, -0.1) is 0 Å². The van der Waals surface area contributed by atoms with E-state index in [1.807, 2.05) is 56.0 Å². The highest BCUT2D eigenvalue weighted by Crippen LogP contribution is 2.42. The van der Waals surface area contributed by atoms with Gasteiger partial charge in [-0.2, -0.15) is 0 Å². The summed E-state index contributed by atoms with van der Waals surface area (Å²) in [6.07, 6.45) is 1.78. The molecule has 2 saturated heterocycles. The monoisotopic (exact) mass is 383 g/mol. The van der Waals surface area contributed by atoms with Crippen LogP contribution in [0.2, 0.25) is 0 Å². The number of aliphatic hydroxyl groups excluding tert-OH is 1. The van der Waals surface area contributed by atoms with Crippen LogP contribution in [0, 0.1) is 5.41 Å². The van der Waals surface area contributed by atoms with Gasteiger partial charge in [-0.1, -0.05) is 18.2 Å². The van der Waals surface area contributed by atoms with Crippen molar-refractivity contribution in [3.63, 3.8) is 0 Å². The van der Waals surface area contributed by atoms with E-state index in [1.54, 1.807) is 0 Å². The summed E-state index contributed by atoms with van der Waals surface area (Å²) in [7, 11) is 0. The van der Waals surface area contributed by atoms with Gasteiger partial charge in [0.05, 0.1) is 12.1 Å². The van der Waals surface area contributed by atoms with Crippen LogP contribution >= 0.6 is 0 Å². The zero-order valence-electron chi connectivity index (χ0n) is 16.9. The lowest BCUT2D eigenvalue weighted by Gasteiger charge is -2.27. The molecular formula is C22H29N3O3. The number of para-hydroxylation sites is 1. The summed E-state index contributed by atoms with van der Waals surface area (Å²) in [5, 5.41) is 10.9. The van der Waals surface area contributed by atoms with Crippen LogP contribution in [0.1, 0.15) is 39.2 Å². The Kier molecular flexibility index (Phi) is 4.70. The zero-order chi connectivity index (χ0) is 19.9. The van der Waals surface area contributed by atoms with Crippen molar-refractivity contribution in [1.29, 1.82) is 0 Å². The summed E-state index contributed by atoms with van der Waals surface area (Å²) in [4.78, 5) is 21.4. The van der Waals surface area contributed by atoms with Crippen LogP contribution in [-0.4, -0.2) is 52.9 Å². The van der Waals surface area contributed by atoms with Gasteiger partial charge in [0, 0.05) is 42.5 Å². The average Bonchev–Trinajstić information content (AvgIpc) is 3.26. The molecule has 4 rings (SSSR count). The minimum absolute atomic E-state index is 0.0271. The van der Waals surface area contributed by atoms with Crippen molar-refractivity contribution in [1.82, 2.24) is 9.88 Å². The molecule has 2 fully saturated rings. The van der Waals surface area contributed by atoms with Crippen molar-refractivity contribution in [2.45, 2.75) is 45.8 Å². The SMILES string of the molecule is CC(C)(C)OC(=O)N1CC[C@@]2(CCN(c3nc4ccccc4cc3CO)C2)C1. The summed E-state index contributed by atoms with van der Waals surface area (Å²) >= 11 is 0. The third-order valence-electron chi connectivity index (χ3n) is 5.78. The summed E-state index contributed by atoms with van der Waals surface area (Å²) in [6, 6.07) is 10.0. The summed E-state index contributed by atoms with van der Waals surface area (Å²) in [6.45, 7) is 8.87. The summed E-state index contributed by atoms with van der Waals surface area (Å²) in [5.41, 5.74) is 1.41. The molecular weight excluding hydrogens is 354 g/mol. The first-order valence-corrected chi connectivity index (χ1v) is 10.0. The molecule has 6 heteroatoms. The topological polar surface area (TPSA) is 65.9 Å². The van der Waals surface area contributed by atoms with Gasteiger partial charge >= 0.3 is 6.09 Å². The third kappa shape index (κ3) is 3.65. The highest BCUT2D eigenvalue weighted by atomic mass is 16.6. The van der Waals surface area contributed by atoms with E-state index >= 15 is 0 Å². The van der Waals surface area contributed by atoms with Crippen molar-refractivity contribution in [3.8, 4) is 0 Å². The van der Waals surface area contributed by atoms with E-state index in [2.05, 4.69) is 4.90 Å². The fourth-order valence-electron chi connectivity index (χ4n) is 4.41. The van der Waals surface area contributed by atoms with E-state index in [1.165, 1.54) is 0 Å². The molecule has 2 aliphatic rings. The lowest BCUT2D eigenvalue weighted by Crippen LogP contribution is -2.37. The van der Waals surface area contributed by atoms with Gasteiger partial charge in [0.15, 0.2) is 0 Å². The van der Waals surface area contributed by atoms with E-state index in [0.29, 0.717) is 0 Å². The van der Waals surface area contributed by atoms with Crippen LogP contribution in [0.3, 0.4) is 0 Å². The number of carbonyl (C=O) groups is 1. The Labute approximate surface area is 166 Å². The van der Waals surface area contributed by atoms with E-state index in [4.69, 9.17) is 9.72 Å². The molecule has 1 spiro atoms. The molecule has 6 nitrogen and oxygen atoms in total. The van der Waals surface area contributed by atoms with Crippen molar-refractivity contribution in [3.05, 3.63) is 35.9 Å². The Bertz CT molecular complexity index is 892. The number of fused-ring (bicyclic) bond motifs is 1. The second-order valence-corrected chi connectivity index (χ2v) is 9.15. The molecule has 0 unspecified atom stereocenters. The Morgan fingerprint density at radius 3 is 2.71 bits per heavy atom. The van der Waals surface area contributed by atoms with Crippen molar-refractivity contribution >= 4 is 22.8 Å². The second-order valence-electron chi connectivity index (χ2n) is 9.15. The third-order valence-corrected chi connectivity index (χ3v) is 5.78. The minimum Gasteiger partial charge on any atom is -0.444 e. The van der Waals surface area contributed by atoms with E-state index in [-0.39, 0.29) is 18.1 Å². The lowest BCUT2D eigenvalue weighted by atomic mass is 9.86. The number of hydrogen-bond donors (Lipinski definition) is 1. The molecule has 2 aliphatic heterocycles. The number of aliphatic hydroxyl groups is 1. The van der Waals surface area contributed by atoms with E-state index in [9.17, 15) is 9.90 Å². The normalized spacial score (nSPS) is 22.4. The van der Waals surface area contributed by atoms with Gasteiger partial charge in [0.1, 0.15) is 11.4 Å². The molecule has 0 radical (unpaired) electrons. The predicted octanol–water partition coefficient (Wildman–Crippen LogP) is 3.56. The zero-order valence-corrected chi connectivity index (χ0v) is 16.9. The fourth-order valence-corrected chi connectivity index (χ4v) is 4.41. The van der Waals surface area contributed by atoms with Crippen LogP contribution in [0.5, 0.6) is 0 Å². The molecule has 1 amide bonds. The molecule has 0 aliphatic carbocycles. The number of benzene rings is 1. The number of nitrogens with zero attached hydrogens (tertiary/aromatic N) is 3. The second kappa shape index (κ2) is 6.92. The molecule has 0 bridgehead atoms. The maximum Gasteiger partial charge on any atom is 0.410 e. The molecule has 150 valence electrons. The maximum absolute atomic E-state index is 12.4. The maximum atomic E-state index is 12.4. The number of amides is 1. The molecule has 1 aromatic carbocycles. The van der Waals surface area contributed by atoms with Gasteiger partial charge in [-0.05, 0) is 45.7 Å². The Morgan fingerprint density at radius 2 is 1.96 bits per heavy atom. The van der Waals surface area contributed by atoms with Crippen LogP contribution in [0.4, 0.5) is 10.6 Å². The van der Waals surface area contributed by atoms with Crippen LogP contribution in [0.15, 0.2) is 30.3 Å². The predicted molar refractivity (Wildman–Crippen MR) is 109 cm³/mol. The van der Waals surface area contributed by atoms with Crippen molar-refractivity contribution in [2.24, 2.45) is 5.41 Å². The Hall–Kier alpha value is -2.34. The van der Waals surface area contributed by atoms with Crippen molar-refractivity contribution < 1.29 is 14.6 Å². The fraction of sp³-hybridized carbons (Fsp3) is 0.545. The largest absolute Gasteiger partial charge is 0.444 e. The van der Waals surface area contributed by atoms with Gasteiger partial charge in [0.25, 0.3) is 0 Å². The molecule has 28 heavy (non-hydrogen) atoms. The molecule has 0 saturated carbocycles. The molecule has 1 aromatic heterocycles. The molecule has 1 N–H and O–H groups in total. The number of anilines is 1. The number of hydrogen-bond acceptors (Lipinski definition) is 5. The average molecular weight is 383 g/mol. The number of pyridine rings is 1. The standard InChI is InChI=1S/C22H29N3O3/c1-21(2,3)28-20(27)25-11-9-22(15-25)8-10-24(14-22)19-17(13-26)12-16-6-4-5-7-18(16)23-19/h4-7,12,26H,8-11,13-15H2,1-3H3/t22-/m1/s1. The first-order valence-electron chi connectivity index (χ1n) is 10.0. The quantitative estimate of drug-likeness (QED) is 0.859. The van der Waals surface area contributed by atoms with Gasteiger partial charge in [-0.3, -0.25) is 0 Å². The first-order chi connectivity index (χ1) is 13.3. The van der Waals surface area contributed by atoms with Gasteiger partial charge < -0.3 is 19.6 Å². The number of rotatable bonds is 2. The highest BCUT2D eigenvalue weighted by Gasteiger charge is 2.46. The van der Waals surface area contributed by atoms with Crippen LogP contribution in [-0.2, 0) is 11.3 Å². The highest BCUT2D eigenvalue weighted by molar-refractivity contribution is 5.82. The van der Waals surface area contributed by atoms with Gasteiger partial charge in [-0.25, -0.2) is 9.78 Å². The smallest absolute Gasteiger partial charge is 0.410 e. The minimum atomic E-state index is -0.473. The lowest BCUT2D eigenvalue weighted by molar-refractivity contribution is 0.0276. The Morgan fingerprint density at radius 1 is 1.21 bits per heavy atom. The summed E-state index contributed by atoms with van der Waals surface area (Å²) in [5.74, 6) is 0.869. The van der Waals surface area contributed by atoms with E-state index in [0.717, 1.165) is 61.3 Å². The first kappa shape index (κ1) is 19.0. The van der Waals surface area contributed by atoms with Crippen molar-refractivity contribution in [2.75, 3.05) is 31.1 Å². The molecule has 3 heterocycles. The molecule has 2 aromatic rings. The number of aromatic nitrogens is 1. The number of likely N-dealkylation sites (tertiary alicyclic amines) is 1. The molecule has 1 atom stereocenters.